The monoisotopic (exact) mass is 1190 g/mol. The van der Waals surface area contributed by atoms with Crippen LogP contribution in [0.25, 0.3) is 110 Å². The van der Waals surface area contributed by atoms with Crippen molar-refractivity contribution in [2.45, 2.75) is 19.3 Å². The molecule has 0 saturated heterocycles. The minimum atomic E-state index is -0.0809. The van der Waals surface area contributed by atoms with Gasteiger partial charge in [-0.2, -0.15) is 0 Å². The summed E-state index contributed by atoms with van der Waals surface area (Å²) in [5, 5.41) is 9.89. The Morgan fingerprint density at radius 3 is 1.17 bits per heavy atom. The fraction of sp³-hybridized carbons (Fsp3) is 0.0337. The third-order valence-corrected chi connectivity index (χ3v) is 19.1. The van der Waals surface area contributed by atoms with Crippen LogP contribution in [-0.2, 0) is 5.41 Å². The Balaban J connectivity index is 0.000000142. The lowest BCUT2D eigenvalue weighted by Crippen LogP contribution is -2.16. The molecule has 0 unspecified atom stereocenters. The number of fused-ring (bicyclic) bond motifs is 11. The van der Waals surface area contributed by atoms with E-state index >= 15 is 0 Å². The van der Waals surface area contributed by atoms with E-state index in [0.29, 0.717) is 0 Å². The number of nitrogens with zero attached hydrogens (tertiary/aromatic N) is 4. The van der Waals surface area contributed by atoms with Gasteiger partial charge in [0.25, 0.3) is 0 Å². The van der Waals surface area contributed by atoms with Gasteiger partial charge in [0.05, 0.1) is 33.4 Å². The molecule has 93 heavy (non-hydrogen) atoms. The first-order valence-corrected chi connectivity index (χ1v) is 32.1. The zero-order chi connectivity index (χ0) is 62.0. The molecule has 17 aromatic rings. The SMILES string of the molecule is CC1(C)c2ccccc2-c2ccc(N(c3ccccc3)c3cccc4c3c3ccccc3n4-c3ccc4ccccc4c3)cc21.c1ccc(-c2cc(-c3ccccc3)cc(N(c3ccccc3)c3cccc4c3c3ccccc3n4-c3ccc4ccccc4c3)c2)cc1. The summed E-state index contributed by atoms with van der Waals surface area (Å²) < 4.78 is 4.84. The zero-order valence-corrected chi connectivity index (χ0v) is 51.8. The van der Waals surface area contributed by atoms with E-state index in [0.717, 1.165) is 34.1 Å². The average Bonchev–Trinajstić information content (AvgIpc) is 1.63. The van der Waals surface area contributed by atoms with E-state index < -0.39 is 0 Å². The molecule has 2 heterocycles. The first-order valence-electron chi connectivity index (χ1n) is 32.1. The topological polar surface area (TPSA) is 16.3 Å². The maximum Gasteiger partial charge on any atom is 0.0562 e. The van der Waals surface area contributed by atoms with Crippen LogP contribution >= 0.6 is 0 Å². The highest BCUT2D eigenvalue weighted by Crippen LogP contribution is 2.52. The molecule has 0 aliphatic heterocycles. The standard InChI is InChI=1S/C46H32N2.C43H32N2/c1-4-15-33(16-5-1)37-29-38(34-17-6-2-7-18-34)32-41(31-37)47(39-21-8-3-9-22-39)44-25-14-26-45-46(44)42-23-12-13-24-43(42)48(45)40-28-27-35-19-10-11-20-36(35)30-40;1-43(2)37-19-10-8-17-34(37)35-26-25-33(28-38(35)43)44(31-15-4-3-5-16-31)40-21-12-22-41-42(40)36-18-9-11-20-39(36)45(41)32-24-23-29-13-6-7-14-30(29)27-32/h1-32H;3-28H,1-2H3. The van der Waals surface area contributed by atoms with E-state index in [1.165, 1.54) is 121 Å². The van der Waals surface area contributed by atoms with Crippen molar-refractivity contribution in [3.8, 4) is 44.8 Å². The maximum absolute atomic E-state index is 2.44. The fourth-order valence-electron chi connectivity index (χ4n) is 14.7. The molecule has 2 aromatic heterocycles. The van der Waals surface area contributed by atoms with Crippen molar-refractivity contribution >= 4 is 99.3 Å². The van der Waals surface area contributed by atoms with Gasteiger partial charge in [-0.25, -0.2) is 0 Å². The first-order chi connectivity index (χ1) is 45.9. The molecule has 0 N–H and O–H groups in total. The van der Waals surface area contributed by atoms with Gasteiger partial charge in [0.2, 0.25) is 0 Å². The van der Waals surface area contributed by atoms with Gasteiger partial charge in [-0.15, -0.1) is 0 Å². The van der Waals surface area contributed by atoms with Crippen LogP contribution in [0.3, 0.4) is 0 Å². The number of anilines is 6. The first kappa shape index (κ1) is 55.1. The highest BCUT2D eigenvalue weighted by atomic mass is 15.2. The van der Waals surface area contributed by atoms with E-state index in [-0.39, 0.29) is 5.41 Å². The van der Waals surface area contributed by atoms with Crippen molar-refractivity contribution in [1.29, 1.82) is 0 Å². The quantitative estimate of drug-likeness (QED) is 0.136. The Morgan fingerprint density at radius 1 is 0.247 bits per heavy atom. The van der Waals surface area contributed by atoms with Gasteiger partial charge in [-0.05, 0) is 181 Å². The molecule has 0 saturated carbocycles. The number of rotatable bonds is 10. The van der Waals surface area contributed by atoms with Gasteiger partial charge >= 0.3 is 0 Å². The Kier molecular flexibility index (Phi) is 13.5. The number of para-hydroxylation sites is 4. The van der Waals surface area contributed by atoms with E-state index in [9.17, 15) is 0 Å². The summed E-state index contributed by atoms with van der Waals surface area (Å²) in [7, 11) is 0. The van der Waals surface area contributed by atoms with Crippen molar-refractivity contribution in [2.24, 2.45) is 0 Å². The Labute approximate surface area is 542 Å². The van der Waals surface area contributed by atoms with Gasteiger partial charge in [0.15, 0.2) is 0 Å². The number of hydrogen-bond acceptors (Lipinski definition) is 2. The molecule has 0 fully saturated rings. The molecular weight excluding hydrogens is 1130 g/mol. The fourth-order valence-corrected chi connectivity index (χ4v) is 14.7. The molecule has 0 radical (unpaired) electrons. The molecule has 0 atom stereocenters. The lowest BCUT2D eigenvalue weighted by atomic mass is 9.82. The molecule has 1 aliphatic carbocycles. The predicted octanol–water partition coefficient (Wildman–Crippen LogP) is 24.5. The number of benzene rings is 15. The molecule has 0 amide bonds. The second-order valence-corrected chi connectivity index (χ2v) is 24.9. The minimum Gasteiger partial charge on any atom is -0.310 e. The Bertz CT molecular complexity index is 5610. The van der Waals surface area contributed by atoms with Gasteiger partial charge in [-0.1, -0.05) is 250 Å². The van der Waals surface area contributed by atoms with Crippen LogP contribution in [0.2, 0.25) is 0 Å². The Hall–Kier alpha value is -12.0. The van der Waals surface area contributed by atoms with Crippen molar-refractivity contribution in [1.82, 2.24) is 9.13 Å². The molecule has 0 spiro atoms. The molecule has 1 aliphatic rings. The smallest absolute Gasteiger partial charge is 0.0562 e. The normalized spacial score (nSPS) is 12.3. The van der Waals surface area contributed by atoms with Gasteiger partial charge in [0.1, 0.15) is 0 Å². The summed E-state index contributed by atoms with van der Waals surface area (Å²) in [5.74, 6) is 0. The van der Waals surface area contributed by atoms with Crippen molar-refractivity contribution < 1.29 is 0 Å². The summed E-state index contributed by atoms with van der Waals surface area (Å²) in [6, 6.07) is 128. The summed E-state index contributed by atoms with van der Waals surface area (Å²) in [4.78, 5) is 4.87. The average molecular weight is 1190 g/mol. The van der Waals surface area contributed by atoms with Crippen molar-refractivity contribution in [3.63, 3.8) is 0 Å². The van der Waals surface area contributed by atoms with Crippen LogP contribution in [0.5, 0.6) is 0 Å². The highest BCUT2D eigenvalue weighted by molar-refractivity contribution is 6.18. The lowest BCUT2D eigenvalue weighted by molar-refractivity contribution is 0.660. The molecule has 18 rings (SSSR count). The molecular formula is C89H64N4. The van der Waals surface area contributed by atoms with E-state index in [2.05, 4.69) is 385 Å². The second-order valence-electron chi connectivity index (χ2n) is 24.9. The largest absolute Gasteiger partial charge is 0.310 e. The maximum atomic E-state index is 2.44. The Morgan fingerprint density at radius 2 is 0.656 bits per heavy atom. The minimum absolute atomic E-state index is 0.0809. The summed E-state index contributed by atoms with van der Waals surface area (Å²) in [6.45, 7) is 4.71. The molecule has 440 valence electrons. The summed E-state index contributed by atoms with van der Waals surface area (Å²) >= 11 is 0. The second kappa shape index (κ2) is 22.8. The van der Waals surface area contributed by atoms with E-state index in [1.54, 1.807) is 0 Å². The van der Waals surface area contributed by atoms with Gasteiger partial charge < -0.3 is 18.9 Å². The van der Waals surface area contributed by atoms with Crippen LogP contribution in [0.15, 0.2) is 352 Å². The highest BCUT2D eigenvalue weighted by Gasteiger charge is 2.36. The van der Waals surface area contributed by atoms with Crippen LogP contribution in [0.4, 0.5) is 34.1 Å². The van der Waals surface area contributed by atoms with Crippen LogP contribution in [-0.4, -0.2) is 9.13 Å². The number of hydrogen-bond donors (Lipinski definition) is 0. The van der Waals surface area contributed by atoms with Crippen LogP contribution in [0.1, 0.15) is 25.0 Å². The third-order valence-electron chi connectivity index (χ3n) is 19.1. The van der Waals surface area contributed by atoms with Gasteiger partial charge in [-0.3, -0.25) is 0 Å². The molecule has 4 nitrogen and oxygen atoms in total. The summed E-state index contributed by atoms with van der Waals surface area (Å²) in [5.41, 5.74) is 24.0. The van der Waals surface area contributed by atoms with Gasteiger partial charge in [0, 0.05) is 61.1 Å². The van der Waals surface area contributed by atoms with Crippen LogP contribution < -0.4 is 9.80 Å². The molecule has 0 bridgehead atoms. The van der Waals surface area contributed by atoms with Crippen LogP contribution in [0, 0.1) is 0 Å². The predicted molar refractivity (Wildman–Crippen MR) is 394 cm³/mol. The molecule has 4 heteroatoms. The lowest BCUT2D eigenvalue weighted by Gasteiger charge is -2.28. The number of aromatic nitrogens is 2. The third kappa shape index (κ3) is 9.53. The van der Waals surface area contributed by atoms with Crippen molar-refractivity contribution in [2.75, 3.05) is 9.80 Å². The van der Waals surface area contributed by atoms with E-state index in [4.69, 9.17) is 0 Å². The zero-order valence-electron chi connectivity index (χ0n) is 51.8. The summed E-state index contributed by atoms with van der Waals surface area (Å²) in [6.07, 6.45) is 0. The van der Waals surface area contributed by atoms with Crippen molar-refractivity contribution in [3.05, 3.63) is 363 Å². The van der Waals surface area contributed by atoms with E-state index in [1.807, 2.05) is 0 Å². The molecule has 15 aromatic carbocycles.